The van der Waals surface area contributed by atoms with Crippen molar-refractivity contribution in [1.82, 2.24) is 0 Å². The standard InChI is InChI=1S/Al.B.Si.Sr.2H/q;;;+2;2*-1. The third kappa shape index (κ3) is 8.85. The Balaban J connectivity index is 0. The van der Waals surface area contributed by atoms with Crippen LogP contribution in [-0.4, -0.2) is 82.2 Å². The largest absolute Gasteiger partial charge is 2.00 e. The van der Waals surface area contributed by atoms with E-state index in [1.807, 2.05) is 0 Å². The van der Waals surface area contributed by atoms with Gasteiger partial charge in [-0.2, -0.15) is 0 Å². The van der Waals surface area contributed by atoms with Crippen molar-refractivity contribution in [2.24, 2.45) is 0 Å². The molecular weight excluding hydrogens is 154 g/mol. The first-order chi connectivity index (χ1) is 0. The monoisotopic (exact) mass is 156 g/mol. The second kappa shape index (κ2) is 18.5. The molecule has 0 aromatic heterocycles. The fraction of sp³-hybridized carbons (Fsp3) is 0. The molecule has 0 aromatic rings. The van der Waals surface area contributed by atoms with Crippen molar-refractivity contribution < 1.29 is 2.85 Å². The molecule has 0 saturated heterocycles. The first kappa shape index (κ1) is 33.5. The smallest absolute Gasteiger partial charge is 1.00 e. The van der Waals surface area contributed by atoms with Crippen molar-refractivity contribution in [1.29, 1.82) is 0 Å². The van der Waals surface area contributed by atoms with Crippen LogP contribution in [0.4, 0.5) is 0 Å². The van der Waals surface area contributed by atoms with Crippen molar-refractivity contribution in [3.05, 3.63) is 0 Å². The minimum absolute atomic E-state index is 0. The molecule has 0 rings (SSSR count). The van der Waals surface area contributed by atoms with E-state index in [9.17, 15) is 0 Å². The van der Waals surface area contributed by atoms with Crippen molar-refractivity contribution in [2.45, 2.75) is 0 Å². The summed E-state index contributed by atoms with van der Waals surface area (Å²) in [5.74, 6) is 0. The van der Waals surface area contributed by atoms with E-state index < -0.39 is 0 Å². The molecule has 0 fully saturated rings. The molecular formula is H2AlBSiSr. The quantitative estimate of drug-likeness (QED) is 0.382. The Kier molecular flexibility index (Phi) is 155. The molecule has 0 nitrogen and oxygen atoms in total. The van der Waals surface area contributed by atoms with Crippen LogP contribution in [0.3, 0.4) is 0 Å². The van der Waals surface area contributed by atoms with E-state index in [1.165, 1.54) is 0 Å². The van der Waals surface area contributed by atoms with Gasteiger partial charge in [0.15, 0.2) is 0 Å². The summed E-state index contributed by atoms with van der Waals surface area (Å²) in [6, 6.07) is 0. The summed E-state index contributed by atoms with van der Waals surface area (Å²) in [5, 5.41) is 0. The summed E-state index contributed by atoms with van der Waals surface area (Å²) in [7, 11) is 0. The summed E-state index contributed by atoms with van der Waals surface area (Å²) in [6.45, 7) is 0. The Morgan fingerprint density at radius 2 is 1.25 bits per heavy atom. The average molecular weight is 156 g/mol. The van der Waals surface area contributed by atoms with Crippen LogP contribution in [0.5, 0.6) is 0 Å². The van der Waals surface area contributed by atoms with Crippen LogP contribution in [0.2, 0.25) is 0 Å². The molecule has 0 aromatic carbocycles. The first-order valence-corrected chi connectivity index (χ1v) is 0. The zero-order chi connectivity index (χ0) is 0. The van der Waals surface area contributed by atoms with Gasteiger partial charge in [-0.25, -0.2) is 0 Å². The summed E-state index contributed by atoms with van der Waals surface area (Å²) in [4.78, 5) is 0. The number of hydrogen-bond acceptors (Lipinski definition) is 0. The Hall–Kier alpha value is 2.29. The van der Waals surface area contributed by atoms with Crippen LogP contribution in [-0.2, 0) is 0 Å². The van der Waals surface area contributed by atoms with Crippen LogP contribution >= 0.6 is 0 Å². The van der Waals surface area contributed by atoms with E-state index >= 15 is 0 Å². The second-order valence-electron chi connectivity index (χ2n) is 0. The van der Waals surface area contributed by atoms with E-state index in [4.69, 9.17) is 0 Å². The molecule has 4 heteroatoms. The maximum Gasteiger partial charge on any atom is 2.00 e. The second-order valence-corrected chi connectivity index (χ2v) is 0. The minimum Gasteiger partial charge on any atom is -1.00 e. The van der Waals surface area contributed by atoms with Crippen LogP contribution in [0.25, 0.3) is 0 Å². The van der Waals surface area contributed by atoms with E-state index in [0.29, 0.717) is 0 Å². The maximum atomic E-state index is 0. The van der Waals surface area contributed by atoms with Gasteiger partial charge in [0.25, 0.3) is 0 Å². The first-order valence-electron chi connectivity index (χ1n) is 0. The zero-order valence-electron chi connectivity index (χ0n) is 4.36. The van der Waals surface area contributed by atoms with Gasteiger partial charge in [-0.05, 0) is 0 Å². The molecule has 14 valence electrons. The summed E-state index contributed by atoms with van der Waals surface area (Å²) in [6.07, 6.45) is 0. The van der Waals surface area contributed by atoms with E-state index in [-0.39, 0.29) is 85.1 Å². The number of hydrogen-bond donors (Lipinski definition) is 0. The van der Waals surface area contributed by atoms with Gasteiger partial charge in [-0.1, -0.05) is 0 Å². The van der Waals surface area contributed by atoms with Crippen LogP contribution < -0.4 is 0 Å². The molecule has 0 aliphatic carbocycles. The molecule has 0 atom stereocenters. The SMILES string of the molecule is [Al].[B].[H-].[H-].[Si].[Sr+2]. The molecule has 4 heavy (non-hydrogen) atoms. The molecule has 0 heterocycles. The molecule has 0 aliphatic heterocycles. The molecule has 0 bridgehead atoms. The average Bonchev–Trinajstić information content (AvgIpc) is 0. The fourth-order valence-electron chi connectivity index (χ4n) is 0. The minimum atomic E-state index is 0. The zero-order valence-corrected chi connectivity index (χ0v) is 7.99. The Labute approximate surface area is 83.7 Å². The summed E-state index contributed by atoms with van der Waals surface area (Å²) >= 11 is 0. The molecule has 0 unspecified atom stereocenters. The van der Waals surface area contributed by atoms with Gasteiger partial charge in [0.2, 0.25) is 0 Å². The van der Waals surface area contributed by atoms with Gasteiger partial charge < -0.3 is 2.85 Å². The van der Waals surface area contributed by atoms with Gasteiger partial charge in [-0.3, -0.25) is 0 Å². The maximum absolute atomic E-state index is 0. The molecule has 10 radical (unpaired) electrons. The van der Waals surface area contributed by atoms with Crippen LogP contribution in [0.15, 0.2) is 0 Å². The van der Waals surface area contributed by atoms with E-state index in [0.717, 1.165) is 0 Å². The summed E-state index contributed by atoms with van der Waals surface area (Å²) in [5.41, 5.74) is 0. The molecule has 0 saturated carbocycles. The van der Waals surface area contributed by atoms with Crippen LogP contribution in [0.1, 0.15) is 2.85 Å². The molecule has 0 amide bonds. The van der Waals surface area contributed by atoms with Crippen molar-refractivity contribution in [2.75, 3.05) is 0 Å². The number of rotatable bonds is 0. The Morgan fingerprint density at radius 1 is 1.25 bits per heavy atom. The van der Waals surface area contributed by atoms with Crippen molar-refractivity contribution in [3.63, 3.8) is 0 Å². The Bertz CT molecular complexity index is 13.5. The predicted octanol–water partition coefficient (Wildman–Crippen LogP) is -1.30. The van der Waals surface area contributed by atoms with Gasteiger partial charge in [0.1, 0.15) is 0 Å². The molecule has 0 spiro atoms. The fourth-order valence-corrected chi connectivity index (χ4v) is 0. The van der Waals surface area contributed by atoms with Crippen molar-refractivity contribution >= 4 is 82.2 Å². The van der Waals surface area contributed by atoms with Crippen LogP contribution in [0, 0.1) is 0 Å². The molecule has 0 aliphatic rings. The summed E-state index contributed by atoms with van der Waals surface area (Å²) < 4.78 is 0. The van der Waals surface area contributed by atoms with Gasteiger partial charge >= 0.3 is 45.5 Å². The van der Waals surface area contributed by atoms with E-state index in [1.54, 1.807) is 0 Å². The van der Waals surface area contributed by atoms with Crippen molar-refractivity contribution in [3.8, 4) is 0 Å². The topological polar surface area (TPSA) is 0 Å². The predicted molar refractivity (Wildman–Crippen MR) is 25.2 cm³/mol. The molecule has 0 N–H and O–H groups in total. The van der Waals surface area contributed by atoms with Gasteiger partial charge in [0, 0.05) is 36.7 Å². The normalized spacial score (nSPS) is 0. The van der Waals surface area contributed by atoms with E-state index in [2.05, 4.69) is 0 Å². The van der Waals surface area contributed by atoms with Gasteiger partial charge in [0.05, 0.1) is 0 Å². The third-order valence-corrected chi connectivity index (χ3v) is 0. The third-order valence-electron chi connectivity index (χ3n) is 0. The Morgan fingerprint density at radius 3 is 1.25 bits per heavy atom. The van der Waals surface area contributed by atoms with Gasteiger partial charge in [-0.15, -0.1) is 0 Å².